The number of hydrogen-bond donors (Lipinski definition) is 0. The largest absolute Gasteiger partial charge is 0.450 e. The van der Waals surface area contributed by atoms with Crippen LogP contribution in [0.5, 0.6) is 0 Å². The Hall–Kier alpha value is -0.970. The van der Waals surface area contributed by atoms with Crippen LogP contribution in [-0.2, 0) is 9.53 Å². The normalized spacial score (nSPS) is 18.8. The number of carbonyl (C=O) groups excluding carboxylic acids is 1. The molecular weight excluding hydrogens is 200 g/mol. The van der Waals surface area contributed by atoms with Gasteiger partial charge in [-0.05, 0) is 39.5 Å². The molecule has 16 heavy (non-hydrogen) atoms. The van der Waals surface area contributed by atoms with Crippen LogP contribution in [0.15, 0.2) is 0 Å². The Kier molecular flexibility index (Phi) is 4.41. The van der Waals surface area contributed by atoms with Gasteiger partial charge in [0.2, 0.25) is 0 Å². The van der Waals surface area contributed by atoms with Gasteiger partial charge < -0.3 is 4.74 Å². The Morgan fingerprint density at radius 2 is 1.88 bits per heavy atom. The van der Waals surface area contributed by atoms with E-state index >= 15 is 0 Å². The van der Waals surface area contributed by atoms with Crippen LogP contribution in [0.25, 0.3) is 0 Å². The molecule has 1 saturated carbocycles. The Morgan fingerprint density at radius 1 is 1.31 bits per heavy atom. The molecule has 1 aliphatic carbocycles. The predicted molar refractivity (Wildman–Crippen MR) is 64.7 cm³/mol. The molecule has 0 spiro atoms. The van der Waals surface area contributed by atoms with E-state index in [2.05, 4.69) is 18.8 Å². The van der Waals surface area contributed by atoms with Crippen molar-refractivity contribution in [2.24, 2.45) is 11.8 Å². The molecule has 2 heteroatoms. The Balaban J connectivity index is 2.43. The van der Waals surface area contributed by atoms with Gasteiger partial charge in [0.05, 0.1) is 0 Å². The molecular formula is C14H22O2. The molecule has 1 unspecified atom stereocenters. The molecule has 90 valence electrons. The molecule has 1 atom stereocenters. The van der Waals surface area contributed by atoms with E-state index in [-0.39, 0.29) is 0 Å². The first-order valence-electron chi connectivity index (χ1n) is 6.13. The zero-order valence-electron chi connectivity index (χ0n) is 10.8. The molecule has 0 N–H and O–H groups in total. The highest BCUT2D eigenvalue weighted by Crippen LogP contribution is 2.30. The van der Waals surface area contributed by atoms with E-state index in [0.717, 1.165) is 0 Å². The number of carbonyl (C=O) groups is 1. The topological polar surface area (TPSA) is 26.3 Å². The maximum atomic E-state index is 11.4. The fourth-order valence-electron chi connectivity index (χ4n) is 2.05. The van der Waals surface area contributed by atoms with E-state index in [4.69, 9.17) is 4.74 Å². The minimum Gasteiger partial charge on any atom is -0.450 e. The third-order valence-electron chi connectivity index (χ3n) is 2.91. The lowest BCUT2D eigenvalue weighted by molar-refractivity contribution is -0.147. The first-order chi connectivity index (χ1) is 7.38. The lowest BCUT2D eigenvalue weighted by atomic mass is 9.93. The maximum absolute atomic E-state index is 11.4. The van der Waals surface area contributed by atoms with Crippen LogP contribution in [0.3, 0.4) is 0 Å². The van der Waals surface area contributed by atoms with Crippen molar-refractivity contribution < 1.29 is 9.53 Å². The Bertz CT molecular complexity index is 295. The highest BCUT2D eigenvalue weighted by Gasteiger charge is 2.20. The first-order valence-corrected chi connectivity index (χ1v) is 6.13. The van der Waals surface area contributed by atoms with E-state index in [9.17, 15) is 4.79 Å². The smallest absolute Gasteiger partial charge is 0.384 e. The van der Waals surface area contributed by atoms with Gasteiger partial charge in [-0.25, -0.2) is 4.79 Å². The zero-order chi connectivity index (χ0) is 12.2. The van der Waals surface area contributed by atoms with Crippen LogP contribution < -0.4 is 0 Å². The lowest BCUT2D eigenvalue weighted by Gasteiger charge is -2.17. The molecule has 0 saturated heterocycles. The fourth-order valence-corrected chi connectivity index (χ4v) is 2.05. The zero-order valence-corrected chi connectivity index (χ0v) is 10.8. The summed E-state index contributed by atoms with van der Waals surface area (Å²) in [7, 11) is 0. The predicted octanol–water partition coefficient (Wildman–Crippen LogP) is 3.16. The highest BCUT2D eigenvalue weighted by atomic mass is 16.6. The molecule has 1 rings (SSSR count). The van der Waals surface area contributed by atoms with E-state index in [1.54, 1.807) is 0 Å². The average Bonchev–Trinajstić information content (AvgIpc) is 2.64. The second kappa shape index (κ2) is 5.39. The van der Waals surface area contributed by atoms with Gasteiger partial charge in [0, 0.05) is 11.8 Å². The summed E-state index contributed by atoms with van der Waals surface area (Å²) in [5, 5.41) is 0. The quantitative estimate of drug-likeness (QED) is 0.387. The summed E-state index contributed by atoms with van der Waals surface area (Å²) in [6, 6.07) is 0. The van der Waals surface area contributed by atoms with Crippen LogP contribution in [0.1, 0.15) is 53.4 Å². The van der Waals surface area contributed by atoms with Crippen LogP contribution in [0, 0.1) is 23.7 Å². The summed E-state index contributed by atoms with van der Waals surface area (Å²) in [5.74, 6) is 6.21. The van der Waals surface area contributed by atoms with Crippen molar-refractivity contribution in [1.82, 2.24) is 0 Å². The number of esters is 1. The monoisotopic (exact) mass is 222 g/mol. The summed E-state index contributed by atoms with van der Waals surface area (Å²) in [6.07, 6.45) is 5.13. The first kappa shape index (κ1) is 13.1. The molecule has 0 aromatic carbocycles. The molecule has 0 bridgehead atoms. The summed E-state index contributed by atoms with van der Waals surface area (Å²) in [5.41, 5.74) is -0.442. The number of rotatable bonds is 1. The number of ether oxygens (including phenoxy) is 1. The maximum Gasteiger partial charge on any atom is 0.384 e. The van der Waals surface area contributed by atoms with Crippen molar-refractivity contribution in [3.8, 4) is 11.8 Å². The van der Waals surface area contributed by atoms with Gasteiger partial charge in [-0.1, -0.05) is 25.7 Å². The lowest BCUT2D eigenvalue weighted by Crippen LogP contribution is -2.23. The fraction of sp³-hybridized carbons (Fsp3) is 0.786. The van der Waals surface area contributed by atoms with Crippen molar-refractivity contribution >= 4 is 5.97 Å². The minimum absolute atomic E-state index is 0.315. The van der Waals surface area contributed by atoms with Crippen LogP contribution in [0.4, 0.5) is 0 Å². The van der Waals surface area contributed by atoms with Crippen molar-refractivity contribution in [2.75, 3.05) is 0 Å². The van der Waals surface area contributed by atoms with Crippen molar-refractivity contribution in [3.63, 3.8) is 0 Å². The van der Waals surface area contributed by atoms with Crippen LogP contribution in [-0.4, -0.2) is 11.6 Å². The molecule has 0 aromatic heterocycles. The van der Waals surface area contributed by atoms with E-state index in [0.29, 0.717) is 11.8 Å². The molecule has 1 aliphatic rings. The molecule has 0 heterocycles. The summed E-state index contributed by atoms with van der Waals surface area (Å²) in [4.78, 5) is 11.4. The Morgan fingerprint density at radius 3 is 2.38 bits per heavy atom. The second-order valence-electron chi connectivity index (χ2n) is 5.60. The molecule has 2 nitrogen and oxygen atoms in total. The van der Waals surface area contributed by atoms with E-state index in [1.807, 2.05) is 20.8 Å². The van der Waals surface area contributed by atoms with Gasteiger partial charge in [-0.15, -0.1) is 0 Å². The van der Waals surface area contributed by atoms with Crippen molar-refractivity contribution in [2.45, 2.75) is 59.0 Å². The molecule has 0 amide bonds. The summed E-state index contributed by atoms with van der Waals surface area (Å²) < 4.78 is 5.14. The van der Waals surface area contributed by atoms with Crippen LogP contribution >= 0.6 is 0 Å². The molecule has 0 radical (unpaired) electrons. The SMILES string of the molecule is CC(C#CC(=O)OC(C)(C)C)C1CCCC1. The van der Waals surface area contributed by atoms with E-state index in [1.165, 1.54) is 25.7 Å². The van der Waals surface area contributed by atoms with Gasteiger partial charge in [-0.2, -0.15) is 0 Å². The van der Waals surface area contributed by atoms with Gasteiger partial charge in [-0.3, -0.25) is 0 Å². The Labute approximate surface area is 98.8 Å². The third kappa shape index (κ3) is 4.70. The third-order valence-corrected chi connectivity index (χ3v) is 2.91. The molecule has 1 fully saturated rings. The van der Waals surface area contributed by atoms with Gasteiger partial charge in [0.1, 0.15) is 5.60 Å². The van der Waals surface area contributed by atoms with Crippen LogP contribution in [0.2, 0.25) is 0 Å². The molecule has 0 aliphatic heterocycles. The highest BCUT2D eigenvalue weighted by molar-refractivity contribution is 5.88. The summed E-state index contributed by atoms with van der Waals surface area (Å²) in [6.45, 7) is 7.67. The minimum atomic E-state index is -0.442. The van der Waals surface area contributed by atoms with E-state index < -0.39 is 11.6 Å². The second-order valence-corrected chi connectivity index (χ2v) is 5.60. The van der Waals surface area contributed by atoms with Crippen molar-refractivity contribution in [3.05, 3.63) is 0 Å². The molecule has 0 aromatic rings. The number of hydrogen-bond acceptors (Lipinski definition) is 2. The average molecular weight is 222 g/mol. The van der Waals surface area contributed by atoms with Crippen molar-refractivity contribution in [1.29, 1.82) is 0 Å². The standard InChI is InChI=1S/C14H22O2/c1-11(12-7-5-6-8-12)9-10-13(15)16-14(2,3)4/h11-12H,5-8H2,1-4H3. The summed E-state index contributed by atoms with van der Waals surface area (Å²) >= 11 is 0. The van der Waals surface area contributed by atoms with Gasteiger partial charge >= 0.3 is 5.97 Å². The van der Waals surface area contributed by atoms with Gasteiger partial charge in [0.25, 0.3) is 0 Å². The van der Waals surface area contributed by atoms with Gasteiger partial charge in [0.15, 0.2) is 0 Å².